The lowest BCUT2D eigenvalue weighted by Crippen LogP contribution is -2.26. The van der Waals surface area contributed by atoms with Crippen LogP contribution in [0.5, 0.6) is 5.75 Å². The monoisotopic (exact) mass is 609 g/mol. The molecular weight excluding hydrogens is 581 g/mol. The van der Waals surface area contributed by atoms with Crippen molar-refractivity contribution in [2.24, 2.45) is 0 Å². The molecule has 5 rings (SSSR count). The number of rotatable bonds is 8. The molecule has 5 aromatic rings. The van der Waals surface area contributed by atoms with Crippen LogP contribution in [-0.2, 0) is 6.61 Å². The number of amides is 2. The minimum atomic E-state index is -0.227. The van der Waals surface area contributed by atoms with Crippen molar-refractivity contribution in [3.05, 3.63) is 135 Å². The molecule has 1 N–H and O–H groups in total. The Kier molecular flexibility index (Phi) is 9.10. The van der Waals surface area contributed by atoms with E-state index in [1.807, 2.05) is 79.7 Å². The molecule has 0 bridgehead atoms. The molecule has 2 amide bonds. The van der Waals surface area contributed by atoms with Gasteiger partial charge in [-0.3, -0.25) is 9.59 Å². The van der Waals surface area contributed by atoms with Crippen molar-refractivity contribution in [1.29, 1.82) is 0 Å². The van der Waals surface area contributed by atoms with Crippen molar-refractivity contribution in [2.45, 2.75) is 13.5 Å². The van der Waals surface area contributed by atoms with E-state index in [1.54, 1.807) is 44.4 Å². The zero-order valence-electron chi connectivity index (χ0n) is 23.9. The quantitative estimate of drug-likeness (QED) is 0.180. The van der Waals surface area contributed by atoms with E-state index in [0.717, 1.165) is 27.7 Å². The van der Waals surface area contributed by atoms with Gasteiger partial charge in [-0.2, -0.15) is 0 Å². The summed E-state index contributed by atoms with van der Waals surface area (Å²) in [6.07, 6.45) is 3.84. The number of aryl methyl sites for hydroxylation is 1. The summed E-state index contributed by atoms with van der Waals surface area (Å²) in [5.74, 6) is 0.258. The van der Waals surface area contributed by atoms with Crippen LogP contribution in [0.3, 0.4) is 0 Å². The number of hydrogen-bond acceptors (Lipinski definition) is 4. The maximum Gasteiger partial charge on any atom is 0.258 e. The highest BCUT2D eigenvalue weighted by molar-refractivity contribution is 6.38. The molecule has 1 heterocycles. The number of nitrogens with zero attached hydrogens (tertiary/aromatic N) is 2. The van der Waals surface area contributed by atoms with Crippen LogP contribution in [0.2, 0.25) is 10.0 Å². The third kappa shape index (κ3) is 6.72. The Morgan fingerprint density at radius 3 is 2.40 bits per heavy atom. The number of ether oxygens (including phenoxy) is 1. The van der Waals surface area contributed by atoms with Crippen LogP contribution < -0.4 is 15.0 Å². The topological polar surface area (TPSA) is 71.5 Å². The Hall–Kier alpha value is -4.65. The molecule has 0 atom stereocenters. The van der Waals surface area contributed by atoms with E-state index in [1.165, 1.54) is 4.90 Å². The fraction of sp³-hybridized carbons (Fsp3) is 0.114. The Labute approximate surface area is 260 Å². The summed E-state index contributed by atoms with van der Waals surface area (Å²) in [5, 5.41) is 4.35. The molecule has 6 nitrogen and oxygen atoms in total. The fourth-order valence-corrected chi connectivity index (χ4v) is 5.23. The average Bonchev–Trinajstić information content (AvgIpc) is 3.03. The van der Waals surface area contributed by atoms with E-state index in [4.69, 9.17) is 27.9 Å². The molecule has 0 unspecified atom stereocenters. The van der Waals surface area contributed by atoms with Crippen molar-refractivity contribution in [3.8, 4) is 5.75 Å². The molecule has 216 valence electrons. The molecular formula is C35H29Cl2N3O3. The molecule has 8 heteroatoms. The number of fused-ring (bicyclic) bond motifs is 1. The van der Waals surface area contributed by atoms with Crippen molar-refractivity contribution in [3.63, 3.8) is 0 Å². The zero-order valence-corrected chi connectivity index (χ0v) is 25.4. The molecule has 0 fully saturated rings. The van der Waals surface area contributed by atoms with Crippen LogP contribution in [-0.4, -0.2) is 30.9 Å². The fourth-order valence-electron chi connectivity index (χ4n) is 4.62. The lowest BCUT2D eigenvalue weighted by atomic mass is 10.1. The number of carbonyl (C=O) groups is 2. The number of aromatic nitrogens is 1. The molecule has 0 radical (unpaired) electrons. The second-order valence-corrected chi connectivity index (χ2v) is 10.7. The van der Waals surface area contributed by atoms with Crippen molar-refractivity contribution in [1.82, 2.24) is 10.3 Å². The van der Waals surface area contributed by atoms with Gasteiger partial charge in [0.05, 0.1) is 10.7 Å². The highest BCUT2D eigenvalue weighted by atomic mass is 35.5. The summed E-state index contributed by atoms with van der Waals surface area (Å²) >= 11 is 13.4. The van der Waals surface area contributed by atoms with Crippen molar-refractivity contribution < 1.29 is 14.3 Å². The average molecular weight is 611 g/mol. The maximum atomic E-state index is 13.5. The lowest BCUT2D eigenvalue weighted by Gasteiger charge is -2.21. The number of nitrogens with one attached hydrogen (secondary N) is 1. The van der Waals surface area contributed by atoms with E-state index >= 15 is 0 Å². The predicted octanol–water partition coefficient (Wildman–Crippen LogP) is 8.24. The van der Waals surface area contributed by atoms with Gasteiger partial charge >= 0.3 is 0 Å². The second kappa shape index (κ2) is 13.1. The summed E-state index contributed by atoms with van der Waals surface area (Å²) in [5.41, 5.74) is 5.60. The third-order valence-corrected chi connectivity index (χ3v) is 7.80. The first-order valence-corrected chi connectivity index (χ1v) is 14.3. The molecule has 0 spiro atoms. The van der Waals surface area contributed by atoms with Gasteiger partial charge in [0, 0.05) is 46.9 Å². The van der Waals surface area contributed by atoms with Crippen LogP contribution in [0.4, 0.5) is 5.69 Å². The third-order valence-electron chi connectivity index (χ3n) is 7.03. The summed E-state index contributed by atoms with van der Waals surface area (Å²) in [4.78, 5) is 31.4. The summed E-state index contributed by atoms with van der Waals surface area (Å²) in [7, 11) is 3.28. The standard InChI is InChI=1S/C35H29Cl2N3O3/c1-22-10-15-25-7-5-9-31(33(25)39-22)43-21-28-29(36)18-19-30(32(28)37)40(3)35(42)27-8-4-6-24(20-27)12-11-23-13-16-26(17-14-23)34(41)38-2/h4-20H,21H2,1-3H3,(H,38,41). The predicted molar refractivity (Wildman–Crippen MR) is 175 cm³/mol. The Balaban J connectivity index is 1.33. The number of benzene rings is 4. The Morgan fingerprint density at radius 1 is 0.884 bits per heavy atom. The first kappa shape index (κ1) is 29.8. The molecule has 0 aliphatic carbocycles. The number of carbonyl (C=O) groups excluding carboxylic acids is 2. The van der Waals surface area contributed by atoms with Gasteiger partial charge in [-0.05, 0) is 66.6 Å². The first-order valence-electron chi connectivity index (χ1n) is 13.6. The van der Waals surface area contributed by atoms with Crippen LogP contribution in [0, 0.1) is 6.92 Å². The number of halogens is 2. The molecule has 0 aliphatic heterocycles. The van der Waals surface area contributed by atoms with E-state index in [-0.39, 0.29) is 18.4 Å². The van der Waals surface area contributed by atoms with Crippen molar-refractivity contribution in [2.75, 3.05) is 19.0 Å². The summed E-state index contributed by atoms with van der Waals surface area (Å²) in [6, 6.07) is 27.7. The highest BCUT2D eigenvalue weighted by Gasteiger charge is 2.20. The smallest absolute Gasteiger partial charge is 0.258 e. The van der Waals surface area contributed by atoms with E-state index in [2.05, 4.69) is 10.3 Å². The Morgan fingerprint density at radius 2 is 1.63 bits per heavy atom. The molecule has 0 aliphatic rings. The molecule has 43 heavy (non-hydrogen) atoms. The second-order valence-electron chi connectivity index (χ2n) is 9.95. The van der Waals surface area contributed by atoms with Gasteiger partial charge in [-0.1, -0.05) is 77.8 Å². The minimum Gasteiger partial charge on any atom is -0.487 e. The number of para-hydroxylation sites is 1. The molecule has 4 aromatic carbocycles. The van der Waals surface area contributed by atoms with Gasteiger partial charge in [0.2, 0.25) is 0 Å². The Bertz CT molecular complexity index is 1850. The zero-order chi connectivity index (χ0) is 30.5. The van der Waals surface area contributed by atoms with Gasteiger partial charge in [0.25, 0.3) is 11.8 Å². The summed E-state index contributed by atoms with van der Waals surface area (Å²) in [6.45, 7) is 2.03. The van der Waals surface area contributed by atoms with Gasteiger partial charge in [0.15, 0.2) is 0 Å². The summed E-state index contributed by atoms with van der Waals surface area (Å²) < 4.78 is 6.14. The number of hydrogen-bond donors (Lipinski definition) is 1. The normalized spacial score (nSPS) is 11.1. The van der Waals surface area contributed by atoms with Crippen LogP contribution in [0.1, 0.15) is 43.1 Å². The van der Waals surface area contributed by atoms with E-state index in [9.17, 15) is 9.59 Å². The van der Waals surface area contributed by atoms with Gasteiger partial charge in [-0.25, -0.2) is 4.98 Å². The van der Waals surface area contributed by atoms with Crippen LogP contribution in [0.25, 0.3) is 23.1 Å². The van der Waals surface area contributed by atoms with Gasteiger partial charge < -0.3 is 15.0 Å². The first-order chi connectivity index (χ1) is 20.7. The van der Waals surface area contributed by atoms with Crippen LogP contribution >= 0.6 is 23.2 Å². The van der Waals surface area contributed by atoms with E-state index < -0.39 is 0 Å². The molecule has 0 saturated heterocycles. The van der Waals surface area contributed by atoms with Crippen LogP contribution in [0.15, 0.2) is 91.0 Å². The maximum absolute atomic E-state index is 13.5. The van der Waals surface area contributed by atoms with E-state index in [0.29, 0.717) is 38.2 Å². The molecule has 0 saturated carbocycles. The SMILES string of the molecule is CNC(=O)c1ccc(C=Cc2cccc(C(=O)N(C)c3ccc(Cl)c(COc4cccc5ccc(C)nc45)c3Cl)c2)cc1. The lowest BCUT2D eigenvalue weighted by molar-refractivity contribution is 0.0961. The number of anilines is 1. The molecule has 1 aromatic heterocycles. The van der Waals surface area contributed by atoms with Gasteiger partial charge in [0.1, 0.15) is 17.9 Å². The highest BCUT2D eigenvalue weighted by Crippen LogP contribution is 2.36. The largest absolute Gasteiger partial charge is 0.487 e. The van der Waals surface area contributed by atoms with Gasteiger partial charge in [-0.15, -0.1) is 0 Å². The number of pyridine rings is 1. The minimum absolute atomic E-state index is 0.104. The van der Waals surface area contributed by atoms with Crippen molar-refractivity contribution >= 4 is 63.8 Å².